The largest absolute Gasteiger partial charge is 0.494 e. The maximum Gasteiger partial charge on any atom is 0.194 e. The van der Waals surface area contributed by atoms with Crippen molar-refractivity contribution in [1.82, 2.24) is 14.4 Å². The number of fused-ring (bicyclic) bond motifs is 1. The number of aryl methyl sites for hydroxylation is 1. The van der Waals surface area contributed by atoms with Crippen molar-refractivity contribution in [1.29, 1.82) is 0 Å². The first-order valence-corrected chi connectivity index (χ1v) is 9.88. The summed E-state index contributed by atoms with van der Waals surface area (Å²) in [6.45, 7) is 4.86. The fourth-order valence-electron chi connectivity index (χ4n) is 2.62. The lowest BCUT2D eigenvalue weighted by molar-refractivity contribution is 0.317. The molecule has 4 aromatic rings. The second-order valence-electron chi connectivity index (χ2n) is 5.64. The zero-order chi connectivity index (χ0) is 17.2. The Morgan fingerprint density at radius 1 is 1.16 bits per heavy atom. The van der Waals surface area contributed by atoms with Gasteiger partial charge >= 0.3 is 0 Å². The lowest BCUT2D eigenvalue weighted by Gasteiger charge is -2.06. The highest BCUT2D eigenvalue weighted by atomic mass is 32.1. The van der Waals surface area contributed by atoms with Gasteiger partial charge in [-0.15, -0.1) is 22.7 Å². The summed E-state index contributed by atoms with van der Waals surface area (Å²) in [7, 11) is 0. The molecule has 3 heterocycles. The van der Waals surface area contributed by atoms with Crippen LogP contribution in [-0.2, 0) is 0 Å². The van der Waals surface area contributed by atoms with Crippen LogP contribution in [0.3, 0.4) is 0 Å². The number of thiazole rings is 2. The molecule has 0 aliphatic carbocycles. The van der Waals surface area contributed by atoms with E-state index in [1.807, 2.05) is 42.8 Å². The normalized spacial score (nSPS) is 11.1. The van der Waals surface area contributed by atoms with E-state index in [1.54, 1.807) is 22.7 Å². The van der Waals surface area contributed by atoms with Crippen molar-refractivity contribution in [3.63, 3.8) is 0 Å². The van der Waals surface area contributed by atoms with Gasteiger partial charge in [-0.1, -0.05) is 6.92 Å². The van der Waals surface area contributed by atoms with Gasteiger partial charge in [-0.2, -0.15) is 0 Å². The van der Waals surface area contributed by atoms with Crippen LogP contribution in [-0.4, -0.2) is 21.0 Å². The minimum absolute atomic E-state index is 0.740. The number of rotatable bonds is 6. The number of benzene rings is 1. The molecule has 0 aliphatic heterocycles. The van der Waals surface area contributed by atoms with Gasteiger partial charge < -0.3 is 10.1 Å². The van der Waals surface area contributed by atoms with Crippen LogP contribution in [0.5, 0.6) is 5.75 Å². The fraction of sp³-hybridized carbons (Fsp3) is 0.222. The molecule has 0 spiro atoms. The molecule has 0 saturated heterocycles. The van der Waals surface area contributed by atoms with Gasteiger partial charge in [0.2, 0.25) is 0 Å². The van der Waals surface area contributed by atoms with E-state index in [-0.39, 0.29) is 0 Å². The molecule has 1 N–H and O–H groups in total. The molecule has 0 saturated carbocycles. The Labute approximate surface area is 154 Å². The molecule has 0 unspecified atom stereocenters. The van der Waals surface area contributed by atoms with E-state index in [2.05, 4.69) is 27.0 Å². The highest BCUT2D eigenvalue weighted by Gasteiger charge is 2.14. The molecule has 5 nitrogen and oxygen atoms in total. The van der Waals surface area contributed by atoms with E-state index in [0.717, 1.165) is 51.6 Å². The van der Waals surface area contributed by atoms with E-state index >= 15 is 0 Å². The predicted octanol–water partition coefficient (Wildman–Crippen LogP) is 5.36. The molecule has 7 heteroatoms. The summed E-state index contributed by atoms with van der Waals surface area (Å²) in [4.78, 5) is 10.3. The lowest BCUT2D eigenvalue weighted by Crippen LogP contribution is -1.95. The summed E-state index contributed by atoms with van der Waals surface area (Å²) in [6, 6.07) is 7.96. The van der Waals surface area contributed by atoms with Gasteiger partial charge in [0.15, 0.2) is 10.1 Å². The quantitative estimate of drug-likeness (QED) is 0.496. The van der Waals surface area contributed by atoms with Gasteiger partial charge in [0.1, 0.15) is 11.4 Å². The van der Waals surface area contributed by atoms with E-state index in [4.69, 9.17) is 9.72 Å². The third kappa shape index (κ3) is 3.25. The number of ether oxygens (including phenoxy) is 1. The summed E-state index contributed by atoms with van der Waals surface area (Å²) in [5, 5.41) is 8.32. The number of hydrogen-bond acceptors (Lipinski definition) is 6. The highest BCUT2D eigenvalue weighted by Crippen LogP contribution is 2.31. The third-order valence-electron chi connectivity index (χ3n) is 3.76. The Bertz CT molecular complexity index is 984. The Hall–Kier alpha value is -2.38. The minimum atomic E-state index is 0.740. The van der Waals surface area contributed by atoms with E-state index in [0.29, 0.717) is 0 Å². The molecular formula is C18H18N4OS2. The molecule has 128 valence electrons. The second-order valence-corrected chi connectivity index (χ2v) is 7.37. The molecule has 4 rings (SSSR count). The van der Waals surface area contributed by atoms with Gasteiger partial charge in [-0.3, -0.25) is 4.40 Å². The summed E-state index contributed by atoms with van der Waals surface area (Å²) < 4.78 is 7.71. The Morgan fingerprint density at radius 2 is 2.00 bits per heavy atom. The first-order valence-electron chi connectivity index (χ1n) is 8.12. The maximum atomic E-state index is 5.61. The van der Waals surface area contributed by atoms with Crippen LogP contribution >= 0.6 is 22.7 Å². The van der Waals surface area contributed by atoms with Crippen LogP contribution in [0.2, 0.25) is 0 Å². The van der Waals surface area contributed by atoms with Gasteiger partial charge in [0, 0.05) is 22.6 Å². The monoisotopic (exact) mass is 370 g/mol. The van der Waals surface area contributed by atoms with Crippen LogP contribution < -0.4 is 10.1 Å². The van der Waals surface area contributed by atoms with Crippen molar-refractivity contribution in [3.8, 4) is 17.1 Å². The highest BCUT2D eigenvalue weighted by molar-refractivity contribution is 7.15. The molecule has 1 aromatic carbocycles. The molecule has 0 radical (unpaired) electrons. The number of aromatic nitrogens is 3. The average molecular weight is 371 g/mol. The zero-order valence-corrected chi connectivity index (χ0v) is 15.7. The van der Waals surface area contributed by atoms with Crippen LogP contribution in [0, 0.1) is 6.92 Å². The van der Waals surface area contributed by atoms with Crippen molar-refractivity contribution >= 4 is 38.5 Å². The summed E-state index contributed by atoms with van der Waals surface area (Å²) >= 11 is 3.22. The molecule has 0 aliphatic rings. The van der Waals surface area contributed by atoms with Crippen LogP contribution in [0.15, 0.2) is 41.2 Å². The Balaban J connectivity index is 1.53. The fourth-order valence-corrected chi connectivity index (χ4v) is 4.10. The summed E-state index contributed by atoms with van der Waals surface area (Å²) in [5.41, 5.74) is 4.00. The van der Waals surface area contributed by atoms with Crippen molar-refractivity contribution in [2.75, 3.05) is 11.9 Å². The number of imidazole rings is 1. The summed E-state index contributed by atoms with van der Waals surface area (Å²) in [6.07, 6.45) is 3.05. The second kappa shape index (κ2) is 6.85. The van der Waals surface area contributed by atoms with E-state index in [1.165, 1.54) is 0 Å². The van der Waals surface area contributed by atoms with Crippen molar-refractivity contribution in [2.24, 2.45) is 0 Å². The van der Waals surface area contributed by atoms with Gasteiger partial charge in [-0.25, -0.2) is 9.97 Å². The number of anilines is 2. The first kappa shape index (κ1) is 16.1. The van der Waals surface area contributed by atoms with Gasteiger partial charge in [-0.05, 0) is 37.6 Å². The molecule has 0 atom stereocenters. The molecule has 3 aromatic heterocycles. The predicted molar refractivity (Wildman–Crippen MR) is 104 cm³/mol. The van der Waals surface area contributed by atoms with Gasteiger partial charge in [0.05, 0.1) is 18.0 Å². The topological polar surface area (TPSA) is 51.5 Å². The Kier molecular flexibility index (Phi) is 4.42. The van der Waals surface area contributed by atoms with E-state index in [9.17, 15) is 0 Å². The summed E-state index contributed by atoms with van der Waals surface area (Å²) in [5.74, 6) is 0.891. The Morgan fingerprint density at radius 3 is 2.80 bits per heavy atom. The van der Waals surface area contributed by atoms with Crippen molar-refractivity contribution < 1.29 is 4.74 Å². The zero-order valence-electron chi connectivity index (χ0n) is 14.0. The van der Waals surface area contributed by atoms with Crippen LogP contribution in [0.4, 0.5) is 10.8 Å². The van der Waals surface area contributed by atoms with Crippen molar-refractivity contribution in [3.05, 3.63) is 46.9 Å². The van der Waals surface area contributed by atoms with Crippen LogP contribution in [0.25, 0.3) is 16.3 Å². The van der Waals surface area contributed by atoms with Crippen LogP contribution in [0.1, 0.15) is 19.0 Å². The molecule has 0 amide bonds. The van der Waals surface area contributed by atoms with Gasteiger partial charge in [0.25, 0.3) is 0 Å². The molecule has 25 heavy (non-hydrogen) atoms. The number of hydrogen-bond donors (Lipinski definition) is 1. The average Bonchev–Trinajstić information content (AvgIpc) is 3.30. The molecule has 0 fully saturated rings. The van der Waals surface area contributed by atoms with E-state index < -0.39 is 0 Å². The minimum Gasteiger partial charge on any atom is -0.494 e. The third-order valence-corrected chi connectivity index (χ3v) is 5.28. The standard InChI is InChI=1S/C18H18N4OS2/c1-3-9-23-14-6-4-13(5-7-14)20-17-21-15(11-25-17)16-12(2)19-18-22(16)8-10-24-18/h4-8,10-11H,3,9H2,1-2H3,(H,20,21). The number of nitrogens with one attached hydrogen (secondary N) is 1. The molecule has 0 bridgehead atoms. The molecular weight excluding hydrogens is 352 g/mol. The smallest absolute Gasteiger partial charge is 0.194 e. The SMILES string of the molecule is CCCOc1ccc(Nc2nc(-c3c(C)nc4sccn34)cs2)cc1. The lowest BCUT2D eigenvalue weighted by atomic mass is 10.3. The van der Waals surface area contributed by atoms with Crippen molar-refractivity contribution in [2.45, 2.75) is 20.3 Å². The maximum absolute atomic E-state index is 5.61. The first-order chi connectivity index (χ1) is 12.2. The number of nitrogens with zero attached hydrogens (tertiary/aromatic N) is 3.